The van der Waals surface area contributed by atoms with E-state index in [-0.39, 0.29) is 12.8 Å². The number of carbonyl (C=O) groups excluding carboxylic acids is 2. The zero-order valence-corrected chi connectivity index (χ0v) is 8.65. The quantitative estimate of drug-likeness (QED) is 0.392. The summed E-state index contributed by atoms with van der Waals surface area (Å²) in [5.41, 5.74) is 0. The normalized spacial score (nSPS) is 20.7. The van der Waals surface area contributed by atoms with Crippen molar-refractivity contribution in [2.75, 3.05) is 0 Å². The second-order valence-corrected chi connectivity index (χ2v) is 4.03. The number of rotatable bonds is 3. The SMILES string of the molecule is C#CC(C)O[PH](=O)N1C(=O)CCC1=O. The van der Waals surface area contributed by atoms with Gasteiger partial charge in [0.15, 0.2) is 0 Å². The van der Waals surface area contributed by atoms with Crippen molar-refractivity contribution in [3.8, 4) is 12.3 Å². The fraction of sp³-hybridized carbons (Fsp3) is 0.500. The molecule has 0 aromatic carbocycles. The lowest BCUT2D eigenvalue weighted by Gasteiger charge is -2.14. The third-order valence-corrected chi connectivity index (χ3v) is 3.17. The first kappa shape index (κ1) is 11.0. The molecule has 2 amide bonds. The molecule has 2 atom stereocenters. The van der Waals surface area contributed by atoms with Gasteiger partial charge in [0.05, 0.1) is 0 Å². The molecule has 0 N–H and O–H groups in total. The Hall–Kier alpha value is -1.11. The van der Waals surface area contributed by atoms with Crippen LogP contribution in [0.3, 0.4) is 0 Å². The Labute approximate surface area is 82.3 Å². The number of hydrogen-bond donors (Lipinski definition) is 0. The van der Waals surface area contributed by atoms with E-state index in [1.54, 1.807) is 0 Å². The van der Waals surface area contributed by atoms with Crippen LogP contribution in [0.25, 0.3) is 0 Å². The van der Waals surface area contributed by atoms with Gasteiger partial charge in [-0.05, 0) is 6.92 Å². The Bertz CT molecular complexity index is 317. The third kappa shape index (κ3) is 2.22. The van der Waals surface area contributed by atoms with Crippen molar-refractivity contribution >= 4 is 20.0 Å². The molecule has 5 nitrogen and oxygen atoms in total. The van der Waals surface area contributed by atoms with Gasteiger partial charge in [-0.2, -0.15) is 0 Å². The largest absolute Gasteiger partial charge is 0.299 e. The van der Waals surface area contributed by atoms with E-state index in [1.807, 2.05) is 0 Å². The van der Waals surface area contributed by atoms with Crippen molar-refractivity contribution < 1.29 is 18.7 Å². The second kappa shape index (κ2) is 4.41. The first-order valence-electron chi connectivity index (χ1n) is 4.08. The molecule has 1 rings (SSSR count). The monoisotopic (exact) mass is 215 g/mol. The zero-order chi connectivity index (χ0) is 10.7. The van der Waals surface area contributed by atoms with E-state index in [0.717, 1.165) is 0 Å². The first-order chi connectivity index (χ1) is 6.56. The van der Waals surface area contributed by atoms with Crippen LogP contribution >= 0.6 is 8.18 Å². The molecule has 76 valence electrons. The van der Waals surface area contributed by atoms with Crippen molar-refractivity contribution in [1.29, 1.82) is 0 Å². The van der Waals surface area contributed by atoms with Crippen molar-refractivity contribution in [1.82, 2.24) is 4.67 Å². The molecule has 6 heteroatoms. The fourth-order valence-electron chi connectivity index (χ4n) is 1.02. The molecule has 1 saturated heterocycles. The van der Waals surface area contributed by atoms with Crippen LogP contribution in [0.5, 0.6) is 0 Å². The molecular weight excluding hydrogens is 205 g/mol. The highest BCUT2D eigenvalue weighted by atomic mass is 31.1. The number of amides is 2. The lowest BCUT2D eigenvalue weighted by molar-refractivity contribution is -0.132. The van der Waals surface area contributed by atoms with Gasteiger partial charge in [0.2, 0.25) is 11.8 Å². The molecule has 1 aliphatic rings. The Morgan fingerprint density at radius 3 is 2.43 bits per heavy atom. The summed E-state index contributed by atoms with van der Waals surface area (Å²) in [6, 6.07) is 0. The minimum absolute atomic E-state index is 0.100. The van der Waals surface area contributed by atoms with Crippen LogP contribution in [0, 0.1) is 12.3 Å². The highest BCUT2D eigenvalue weighted by Crippen LogP contribution is 2.35. The molecule has 1 fully saturated rings. The minimum Gasteiger partial charge on any atom is -0.299 e. The summed E-state index contributed by atoms with van der Waals surface area (Å²) in [5.74, 6) is 1.29. The lowest BCUT2D eigenvalue weighted by Crippen LogP contribution is -2.22. The van der Waals surface area contributed by atoms with E-state index < -0.39 is 26.1 Å². The maximum atomic E-state index is 11.4. The van der Waals surface area contributed by atoms with Crippen LogP contribution in [-0.2, 0) is 18.7 Å². The molecule has 0 bridgehead atoms. The smallest absolute Gasteiger partial charge is 0.294 e. The van der Waals surface area contributed by atoms with E-state index >= 15 is 0 Å². The predicted octanol–water partition coefficient (Wildman–Crippen LogP) is 0.563. The Kier molecular flexibility index (Phi) is 3.45. The summed E-state index contributed by atoms with van der Waals surface area (Å²) in [6.07, 6.45) is 4.54. The summed E-state index contributed by atoms with van der Waals surface area (Å²) in [7, 11) is -2.83. The highest BCUT2D eigenvalue weighted by Gasteiger charge is 2.33. The first-order valence-corrected chi connectivity index (χ1v) is 5.35. The van der Waals surface area contributed by atoms with E-state index in [1.165, 1.54) is 6.92 Å². The lowest BCUT2D eigenvalue weighted by atomic mass is 10.4. The van der Waals surface area contributed by atoms with Gasteiger partial charge >= 0.3 is 0 Å². The van der Waals surface area contributed by atoms with Gasteiger partial charge in [-0.3, -0.25) is 18.7 Å². The van der Waals surface area contributed by atoms with Crippen molar-refractivity contribution in [3.63, 3.8) is 0 Å². The van der Waals surface area contributed by atoms with E-state index in [9.17, 15) is 14.2 Å². The molecule has 0 saturated carbocycles. The molecule has 0 aliphatic carbocycles. The number of imide groups is 1. The average molecular weight is 215 g/mol. The highest BCUT2D eigenvalue weighted by molar-refractivity contribution is 7.38. The molecule has 0 radical (unpaired) electrons. The number of carbonyl (C=O) groups is 2. The summed E-state index contributed by atoms with van der Waals surface area (Å²) in [5, 5.41) is 0. The summed E-state index contributed by atoms with van der Waals surface area (Å²) >= 11 is 0. The van der Waals surface area contributed by atoms with Crippen molar-refractivity contribution in [2.24, 2.45) is 0 Å². The van der Waals surface area contributed by atoms with Crippen molar-refractivity contribution in [3.05, 3.63) is 0 Å². The standard InChI is InChI=1S/C8H10NO4P/c1-3-6(2)13-14(12)9-7(10)4-5-8(9)11/h1,6,14H,4-5H2,2H3. The third-order valence-electron chi connectivity index (χ3n) is 1.75. The topological polar surface area (TPSA) is 63.7 Å². The van der Waals surface area contributed by atoms with E-state index in [4.69, 9.17) is 10.9 Å². The fourth-order valence-corrected chi connectivity index (χ4v) is 2.12. The molecule has 2 unspecified atom stereocenters. The Morgan fingerprint density at radius 2 is 2.00 bits per heavy atom. The summed E-state index contributed by atoms with van der Waals surface area (Å²) in [4.78, 5) is 22.2. The van der Waals surface area contributed by atoms with Gasteiger partial charge in [0.1, 0.15) is 6.10 Å². The van der Waals surface area contributed by atoms with E-state index in [0.29, 0.717) is 4.67 Å². The van der Waals surface area contributed by atoms with Gasteiger partial charge in [-0.25, -0.2) is 4.67 Å². The predicted molar refractivity (Wildman–Crippen MR) is 49.5 cm³/mol. The maximum absolute atomic E-state index is 11.4. The molecule has 0 aromatic heterocycles. The van der Waals surface area contributed by atoms with Crippen molar-refractivity contribution in [2.45, 2.75) is 25.9 Å². The maximum Gasteiger partial charge on any atom is 0.294 e. The van der Waals surface area contributed by atoms with Crippen LogP contribution in [-0.4, -0.2) is 22.6 Å². The van der Waals surface area contributed by atoms with Gasteiger partial charge in [-0.1, -0.05) is 5.92 Å². The number of hydrogen-bond acceptors (Lipinski definition) is 4. The molecule has 0 aromatic rings. The molecule has 1 aliphatic heterocycles. The van der Waals surface area contributed by atoms with Crippen LogP contribution in [0.1, 0.15) is 19.8 Å². The van der Waals surface area contributed by atoms with Gasteiger partial charge in [0.25, 0.3) is 8.18 Å². The second-order valence-electron chi connectivity index (χ2n) is 2.82. The number of nitrogens with zero attached hydrogens (tertiary/aromatic N) is 1. The molecule has 14 heavy (non-hydrogen) atoms. The average Bonchev–Trinajstić information content (AvgIpc) is 2.46. The van der Waals surface area contributed by atoms with Crippen LogP contribution in [0.2, 0.25) is 0 Å². The van der Waals surface area contributed by atoms with E-state index in [2.05, 4.69) is 5.92 Å². The van der Waals surface area contributed by atoms with Gasteiger partial charge in [-0.15, -0.1) is 6.42 Å². The van der Waals surface area contributed by atoms with Crippen LogP contribution < -0.4 is 0 Å². The Balaban J connectivity index is 2.65. The van der Waals surface area contributed by atoms with Crippen LogP contribution in [0.15, 0.2) is 0 Å². The van der Waals surface area contributed by atoms with Gasteiger partial charge < -0.3 is 0 Å². The summed E-state index contributed by atoms with van der Waals surface area (Å²) < 4.78 is 16.9. The van der Waals surface area contributed by atoms with Gasteiger partial charge in [0, 0.05) is 12.8 Å². The molecular formula is C8H10NO4P. The van der Waals surface area contributed by atoms with Crippen LogP contribution in [0.4, 0.5) is 0 Å². The molecule has 1 heterocycles. The molecule has 0 spiro atoms. The summed E-state index contributed by atoms with van der Waals surface area (Å²) in [6.45, 7) is 1.52. The zero-order valence-electron chi connectivity index (χ0n) is 7.65. The number of terminal acetylenes is 1. The Morgan fingerprint density at radius 1 is 1.50 bits per heavy atom. The minimum atomic E-state index is -2.83.